The van der Waals surface area contributed by atoms with E-state index in [-0.39, 0.29) is 19.1 Å². The van der Waals surface area contributed by atoms with Crippen molar-refractivity contribution in [3.63, 3.8) is 0 Å². The van der Waals surface area contributed by atoms with Gasteiger partial charge in [-0.3, -0.25) is 4.79 Å². The standard InChI is InChI=1S/C33H34N2O6/c1-21(40-19-22-10-3-2-4-11-22)30(32(37)38)35-31(36)23-12-9-13-24(18-23)34-33(39)41-20-29-27-16-7-5-14-25(27)26-15-6-8-17-28(26)29/h2-11,13-17,21,23-24,29-30H,12,18-20H2,1H3,(H,34,39)(H,35,36)(H,37,38)/t21-,23-,24-,30+/m1/s1. The van der Waals surface area contributed by atoms with E-state index >= 15 is 0 Å². The molecule has 8 nitrogen and oxygen atoms in total. The zero-order chi connectivity index (χ0) is 28.8. The molecular formula is C33H34N2O6. The molecule has 4 atom stereocenters. The van der Waals surface area contributed by atoms with E-state index in [4.69, 9.17) is 9.47 Å². The second kappa shape index (κ2) is 12.8. The quantitative estimate of drug-likeness (QED) is 0.303. The maximum absolute atomic E-state index is 13.0. The number of alkyl carbamates (subject to hydrolysis) is 1. The van der Waals surface area contributed by atoms with Crippen LogP contribution in [0, 0.1) is 5.92 Å². The zero-order valence-electron chi connectivity index (χ0n) is 22.9. The highest BCUT2D eigenvalue weighted by Gasteiger charge is 2.33. The fourth-order valence-corrected chi connectivity index (χ4v) is 5.55. The molecule has 0 bridgehead atoms. The molecule has 0 aliphatic heterocycles. The molecule has 0 unspecified atom stereocenters. The number of hydrogen-bond acceptors (Lipinski definition) is 5. The van der Waals surface area contributed by atoms with Crippen molar-refractivity contribution in [2.45, 2.75) is 50.5 Å². The molecule has 8 heteroatoms. The Kier molecular flexibility index (Phi) is 8.79. The Morgan fingerprint density at radius 3 is 2.22 bits per heavy atom. The molecule has 41 heavy (non-hydrogen) atoms. The summed E-state index contributed by atoms with van der Waals surface area (Å²) in [5, 5.41) is 15.2. The van der Waals surface area contributed by atoms with Crippen LogP contribution >= 0.6 is 0 Å². The predicted octanol–water partition coefficient (Wildman–Crippen LogP) is 5.03. The number of benzene rings is 3. The lowest BCUT2D eigenvalue weighted by molar-refractivity contribution is -0.147. The molecule has 0 saturated heterocycles. The van der Waals surface area contributed by atoms with Gasteiger partial charge in [0, 0.05) is 11.8 Å². The Morgan fingerprint density at radius 2 is 1.56 bits per heavy atom. The first-order chi connectivity index (χ1) is 19.9. The van der Waals surface area contributed by atoms with E-state index in [1.807, 2.05) is 66.7 Å². The van der Waals surface area contributed by atoms with E-state index in [1.54, 1.807) is 6.92 Å². The van der Waals surface area contributed by atoms with Crippen molar-refractivity contribution in [2.75, 3.05) is 6.61 Å². The molecule has 0 spiro atoms. The highest BCUT2D eigenvalue weighted by molar-refractivity contribution is 5.85. The van der Waals surface area contributed by atoms with E-state index in [2.05, 4.69) is 34.9 Å². The Hall–Kier alpha value is -4.43. The first-order valence-electron chi connectivity index (χ1n) is 13.9. The molecule has 0 fully saturated rings. The van der Waals surface area contributed by atoms with Crippen molar-refractivity contribution in [1.29, 1.82) is 0 Å². The summed E-state index contributed by atoms with van der Waals surface area (Å²) in [5.41, 5.74) is 5.48. The fraction of sp³-hybridized carbons (Fsp3) is 0.303. The van der Waals surface area contributed by atoms with Gasteiger partial charge in [-0.1, -0.05) is 91.0 Å². The van der Waals surface area contributed by atoms with Crippen molar-refractivity contribution in [3.05, 3.63) is 108 Å². The van der Waals surface area contributed by atoms with E-state index in [0.717, 1.165) is 27.8 Å². The lowest BCUT2D eigenvalue weighted by Gasteiger charge is -2.28. The van der Waals surface area contributed by atoms with Crippen LogP contribution in [0.5, 0.6) is 0 Å². The van der Waals surface area contributed by atoms with E-state index in [9.17, 15) is 19.5 Å². The van der Waals surface area contributed by atoms with Crippen LogP contribution in [0.15, 0.2) is 91.0 Å². The number of fused-ring (bicyclic) bond motifs is 3. The van der Waals surface area contributed by atoms with Gasteiger partial charge in [0.05, 0.1) is 18.8 Å². The molecule has 2 aliphatic carbocycles. The number of amides is 2. The third-order valence-electron chi connectivity index (χ3n) is 7.73. The summed E-state index contributed by atoms with van der Waals surface area (Å²) in [4.78, 5) is 37.7. The zero-order valence-corrected chi connectivity index (χ0v) is 22.9. The molecule has 3 N–H and O–H groups in total. The Labute approximate surface area is 239 Å². The van der Waals surface area contributed by atoms with Gasteiger partial charge < -0.3 is 25.2 Å². The number of carboxylic acid groups (broad SMARTS) is 1. The van der Waals surface area contributed by atoms with Gasteiger partial charge in [0.1, 0.15) is 6.61 Å². The molecule has 212 valence electrons. The van der Waals surface area contributed by atoms with Crippen LogP contribution in [0.1, 0.15) is 42.4 Å². The number of aliphatic carboxylic acids is 1. The molecule has 0 saturated carbocycles. The molecule has 3 aromatic carbocycles. The van der Waals surface area contributed by atoms with Crippen LogP contribution in [0.3, 0.4) is 0 Å². The lowest BCUT2D eigenvalue weighted by Crippen LogP contribution is -2.51. The van der Waals surface area contributed by atoms with Gasteiger partial charge in [-0.25, -0.2) is 9.59 Å². The van der Waals surface area contributed by atoms with Gasteiger partial charge in [0.25, 0.3) is 0 Å². The molecule has 2 amide bonds. The summed E-state index contributed by atoms with van der Waals surface area (Å²) in [6.07, 6.45) is 3.14. The van der Waals surface area contributed by atoms with Gasteiger partial charge >= 0.3 is 12.1 Å². The Bertz CT molecular complexity index is 1380. The van der Waals surface area contributed by atoms with Crippen LogP contribution in [-0.4, -0.2) is 47.9 Å². The number of carboxylic acids is 1. The summed E-state index contributed by atoms with van der Waals surface area (Å²) in [7, 11) is 0. The van der Waals surface area contributed by atoms with E-state index in [1.165, 1.54) is 0 Å². The number of rotatable bonds is 10. The smallest absolute Gasteiger partial charge is 0.407 e. The van der Waals surface area contributed by atoms with Gasteiger partial charge in [0.2, 0.25) is 5.91 Å². The van der Waals surface area contributed by atoms with Crippen molar-refractivity contribution < 1.29 is 29.0 Å². The highest BCUT2D eigenvalue weighted by atomic mass is 16.5. The molecular weight excluding hydrogens is 520 g/mol. The minimum atomic E-state index is -1.20. The molecule has 2 aliphatic rings. The first-order valence-corrected chi connectivity index (χ1v) is 13.9. The van der Waals surface area contributed by atoms with Crippen LogP contribution in [0.2, 0.25) is 0 Å². The lowest BCUT2D eigenvalue weighted by atomic mass is 9.90. The van der Waals surface area contributed by atoms with Gasteiger partial charge in [-0.05, 0) is 47.6 Å². The number of carbonyl (C=O) groups is 3. The monoisotopic (exact) mass is 554 g/mol. The summed E-state index contributed by atoms with van der Waals surface area (Å²) >= 11 is 0. The SMILES string of the molecule is C[C@@H](OCc1ccccc1)[C@H](NC(=O)[C@@H]1CC=C[C@@H](NC(=O)OCC2c3ccccc3-c3ccccc32)C1)C(=O)O. The largest absolute Gasteiger partial charge is 0.480 e. The number of nitrogens with one attached hydrogen (secondary N) is 2. The van der Waals surface area contributed by atoms with Crippen LogP contribution in [-0.2, 0) is 25.7 Å². The molecule has 0 radical (unpaired) electrons. The van der Waals surface area contributed by atoms with Crippen molar-refractivity contribution in [3.8, 4) is 11.1 Å². The number of hydrogen-bond donors (Lipinski definition) is 3. The van der Waals surface area contributed by atoms with Gasteiger partial charge in [0.15, 0.2) is 6.04 Å². The third kappa shape index (κ3) is 6.66. The average molecular weight is 555 g/mol. The maximum atomic E-state index is 13.0. The maximum Gasteiger partial charge on any atom is 0.407 e. The van der Waals surface area contributed by atoms with Crippen LogP contribution in [0.25, 0.3) is 11.1 Å². The first kappa shape index (κ1) is 28.1. The minimum Gasteiger partial charge on any atom is -0.480 e. The summed E-state index contributed by atoms with van der Waals surface area (Å²) in [6, 6.07) is 24.1. The molecule has 0 heterocycles. The van der Waals surface area contributed by atoms with Crippen LogP contribution < -0.4 is 10.6 Å². The number of ether oxygens (including phenoxy) is 2. The number of carbonyl (C=O) groups excluding carboxylic acids is 2. The van der Waals surface area contributed by atoms with Gasteiger partial charge in [-0.2, -0.15) is 0 Å². The third-order valence-corrected chi connectivity index (χ3v) is 7.73. The van der Waals surface area contributed by atoms with Crippen LogP contribution in [0.4, 0.5) is 4.79 Å². The number of allylic oxidation sites excluding steroid dienone is 1. The van der Waals surface area contributed by atoms with Crippen molar-refractivity contribution in [2.24, 2.45) is 5.92 Å². The topological polar surface area (TPSA) is 114 Å². The van der Waals surface area contributed by atoms with Crippen molar-refractivity contribution >= 4 is 18.0 Å². The van der Waals surface area contributed by atoms with E-state index in [0.29, 0.717) is 12.8 Å². The van der Waals surface area contributed by atoms with E-state index < -0.39 is 42.1 Å². The summed E-state index contributed by atoms with van der Waals surface area (Å²) < 4.78 is 11.4. The summed E-state index contributed by atoms with van der Waals surface area (Å²) in [6.45, 7) is 2.06. The highest BCUT2D eigenvalue weighted by Crippen LogP contribution is 2.44. The molecule has 0 aromatic heterocycles. The fourth-order valence-electron chi connectivity index (χ4n) is 5.55. The Balaban J connectivity index is 1.13. The molecule has 5 rings (SSSR count). The average Bonchev–Trinajstić information content (AvgIpc) is 3.31. The van der Waals surface area contributed by atoms with Gasteiger partial charge in [-0.15, -0.1) is 0 Å². The molecule has 3 aromatic rings. The second-order valence-electron chi connectivity index (χ2n) is 10.5. The predicted molar refractivity (Wildman–Crippen MR) is 154 cm³/mol. The summed E-state index contributed by atoms with van der Waals surface area (Å²) in [5.74, 6) is -2.11. The Morgan fingerprint density at radius 1 is 0.927 bits per heavy atom. The minimum absolute atomic E-state index is 0.0485. The normalized spacial score (nSPS) is 19.0. The second-order valence-corrected chi connectivity index (χ2v) is 10.5. The van der Waals surface area contributed by atoms with Crippen molar-refractivity contribution in [1.82, 2.24) is 10.6 Å².